The van der Waals surface area contributed by atoms with Gasteiger partial charge in [-0.2, -0.15) is 0 Å². The molecule has 0 fully saturated rings. The van der Waals surface area contributed by atoms with Gasteiger partial charge in [0.25, 0.3) is 0 Å². The number of fused-ring (bicyclic) bond motifs is 1. The van der Waals surface area contributed by atoms with Gasteiger partial charge in [0, 0.05) is 23.1 Å². The third-order valence-corrected chi connectivity index (χ3v) is 2.48. The Kier molecular flexibility index (Phi) is 1.85. The van der Waals surface area contributed by atoms with Crippen LogP contribution < -0.4 is 5.73 Å². The highest BCUT2D eigenvalue weighted by molar-refractivity contribution is 5.85. The van der Waals surface area contributed by atoms with Crippen LogP contribution in [-0.4, -0.2) is 4.98 Å². The Morgan fingerprint density at radius 1 is 1.31 bits per heavy atom. The van der Waals surface area contributed by atoms with Crippen molar-refractivity contribution in [2.45, 2.75) is 20.4 Å². The number of hydrogen-bond donors (Lipinski definition) is 2. The van der Waals surface area contributed by atoms with Crippen LogP contribution in [0, 0.1) is 13.8 Å². The van der Waals surface area contributed by atoms with Gasteiger partial charge in [0.1, 0.15) is 0 Å². The zero-order chi connectivity index (χ0) is 9.42. The van der Waals surface area contributed by atoms with Crippen LogP contribution in [0.4, 0.5) is 0 Å². The van der Waals surface area contributed by atoms with E-state index in [-0.39, 0.29) is 0 Å². The van der Waals surface area contributed by atoms with E-state index in [0.717, 1.165) is 0 Å². The topological polar surface area (TPSA) is 41.8 Å². The maximum Gasteiger partial charge on any atom is 0.0459 e. The van der Waals surface area contributed by atoms with Crippen LogP contribution in [0.25, 0.3) is 10.9 Å². The molecule has 0 saturated carbocycles. The number of H-pyrrole nitrogens is 1. The molecule has 13 heavy (non-hydrogen) atoms. The van der Waals surface area contributed by atoms with E-state index in [9.17, 15) is 0 Å². The number of hydrogen-bond acceptors (Lipinski definition) is 1. The minimum absolute atomic E-state index is 0.606. The van der Waals surface area contributed by atoms with Crippen molar-refractivity contribution >= 4 is 10.9 Å². The van der Waals surface area contributed by atoms with Gasteiger partial charge in [-0.1, -0.05) is 11.6 Å². The molecule has 1 aromatic heterocycles. The van der Waals surface area contributed by atoms with Crippen LogP contribution >= 0.6 is 0 Å². The lowest BCUT2D eigenvalue weighted by molar-refractivity contribution is 1.05. The maximum absolute atomic E-state index is 5.69. The maximum atomic E-state index is 5.69. The van der Waals surface area contributed by atoms with Crippen LogP contribution in [0.3, 0.4) is 0 Å². The molecule has 0 unspecified atom stereocenters. The van der Waals surface area contributed by atoms with Crippen LogP contribution in [0.1, 0.15) is 16.8 Å². The Labute approximate surface area is 77.8 Å². The predicted molar refractivity (Wildman–Crippen MR) is 55.7 cm³/mol. The molecule has 3 N–H and O–H groups in total. The molecule has 0 atom stereocenters. The van der Waals surface area contributed by atoms with Gasteiger partial charge < -0.3 is 10.7 Å². The van der Waals surface area contributed by atoms with Gasteiger partial charge in [-0.15, -0.1) is 0 Å². The van der Waals surface area contributed by atoms with Crippen molar-refractivity contribution in [3.05, 3.63) is 35.0 Å². The Hall–Kier alpha value is -1.28. The average molecular weight is 174 g/mol. The lowest BCUT2D eigenvalue weighted by atomic mass is 10.1. The van der Waals surface area contributed by atoms with E-state index in [0.29, 0.717) is 6.54 Å². The number of benzene rings is 1. The van der Waals surface area contributed by atoms with Gasteiger partial charge in [0.15, 0.2) is 0 Å². The number of aromatic nitrogens is 1. The summed E-state index contributed by atoms with van der Waals surface area (Å²) in [7, 11) is 0. The monoisotopic (exact) mass is 174 g/mol. The summed E-state index contributed by atoms with van der Waals surface area (Å²) < 4.78 is 0. The molecule has 0 amide bonds. The van der Waals surface area contributed by atoms with E-state index in [4.69, 9.17) is 5.73 Å². The Morgan fingerprint density at radius 3 is 2.77 bits per heavy atom. The van der Waals surface area contributed by atoms with Gasteiger partial charge in [-0.05, 0) is 31.5 Å². The van der Waals surface area contributed by atoms with Gasteiger partial charge in [0.2, 0.25) is 0 Å². The second-order valence-corrected chi connectivity index (χ2v) is 3.48. The van der Waals surface area contributed by atoms with Crippen molar-refractivity contribution in [1.82, 2.24) is 4.98 Å². The van der Waals surface area contributed by atoms with Crippen molar-refractivity contribution in [2.75, 3.05) is 0 Å². The van der Waals surface area contributed by atoms with E-state index in [1.165, 1.54) is 27.7 Å². The summed E-state index contributed by atoms with van der Waals surface area (Å²) in [6.45, 7) is 4.77. The molecule has 0 aliphatic rings. The number of nitrogens with two attached hydrogens (primary N) is 1. The van der Waals surface area contributed by atoms with Crippen LogP contribution in [0.5, 0.6) is 0 Å². The summed E-state index contributed by atoms with van der Waals surface area (Å²) in [4.78, 5) is 3.33. The molecule has 68 valence electrons. The highest BCUT2D eigenvalue weighted by Gasteiger charge is 2.05. The number of nitrogens with one attached hydrogen (secondary N) is 1. The molecular formula is C11H14N2. The summed E-state index contributed by atoms with van der Waals surface area (Å²) >= 11 is 0. The molecule has 0 bridgehead atoms. The first kappa shape index (κ1) is 8.32. The fourth-order valence-corrected chi connectivity index (χ4v) is 1.76. The van der Waals surface area contributed by atoms with Crippen molar-refractivity contribution in [1.29, 1.82) is 0 Å². The van der Waals surface area contributed by atoms with Gasteiger partial charge in [-0.3, -0.25) is 0 Å². The summed E-state index contributed by atoms with van der Waals surface area (Å²) in [6.07, 6.45) is 0. The molecule has 2 aromatic rings. The highest BCUT2D eigenvalue weighted by Crippen LogP contribution is 2.22. The van der Waals surface area contributed by atoms with Crippen molar-refractivity contribution < 1.29 is 0 Å². The summed E-state index contributed by atoms with van der Waals surface area (Å²) in [5, 5.41) is 1.26. The lowest BCUT2D eigenvalue weighted by Gasteiger charge is -1.96. The van der Waals surface area contributed by atoms with E-state index in [1.54, 1.807) is 0 Å². The fraction of sp³-hybridized carbons (Fsp3) is 0.273. The van der Waals surface area contributed by atoms with Crippen molar-refractivity contribution in [3.63, 3.8) is 0 Å². The first-order valence-electron chi connectivity index (χ1n) is 4.50. The second kappa shape index (κ2) is 2.89. The minimum atomic E-state index is 0.606. The molecule has 0 radical (unpaired) electrons. The lowest BCUT2D eigenvalue weighted by Crippen LogP contribution is -1.96. The normalized spacial score (nSPS) is 11.0. The average Bonchev–Trinajstić information content (AvgIpc) is 2.40. The molecule has 0 saturated heterocycles. The fourth-order valence-electron chi connectivity index (χ4n) is 1.76. The molecule has 2 nitrogen and oxygen atoms in total. The smallest absolute Gasteiger partial charge is 0.0459 e. The Balaban J connectivity index is 2.80. The summed E-state index contributed by atoms with van der Waals surface area (Å²) in [5.74, 6) is 0. The second-order valence-electron chi connectivity index (χ2n) is 3.48. The standard InChI is InChI=1S/C11H14N2/c1-7-3-4-11-9(5-7)10(6-12)8(2)13-11/h3-5,13H,6,12H2,1-2H3. The quantitative estimate of drug-likeness (QED) is 0.684. The van der Waals surface area contributed by atoms with Crippen molar-refractivity contribution in [3.8, 4) is 0 Å². The number of rotatable bonds is 1. The van der Waals surface area contributed by atoms with Gasteiger partial charge in [0.05, 0.1) is 0 Å². The van der Waals surface area contributed by atoms with Crippen molar-refractivity contribution in [2.24, 2.45) is 5.73 Å². The third kappa shape index (κ3) is 1.23. The van der Waals surface area contributed by atoms with Crippen LogP contribution in [-0.2, 0) is 6.54 Å². The van der Waals surface area contributed by atoms with Crippen LogP contribution in [0.2, 0.25) is 0 Å². The van der Waals surface area contributed by atoms with Gasteiger partial charge >= 0.3 is 0 Å². The van der Waals surface area contributed by atoms with E-state index in [1.807, 2.05) is 0 Å². The highest BCUT2D eigenvalue weighted by atomic mass is 14.7. The molecule has 0 spiro atoms. The molecule has 2 rings (SSSR count). The summed E-state index contributed by atoms with van der Waals surface area (Å²) in [6, 6.07) is 6.40. The predicted octanol–water partition coefficient (Wildman–Crippen LogP) is 2.24. The minimum Gasteiger partial charge on any atom is -0.358 e. The Bertz CT molecular complexity index is 441. The molecule has 1 heterocycles. The SMILES string of the molecule is Cc1ccc2[nH]c(C)c(CN)c2c1. The number of aryl methyl sites for hydroxylation is 2. The molecular weight excluding hydrogens is 160 g/mol. The Morgan fingerprint density at radius 2 is 2.08 bits per heavy atom. The van der Waals surface area contributed by atoms with E-state index in [2.05, 4.69) is 37.0 Å². The van der Waals surface area contributed by atoms with E-state index >= 15 is 0 Å². The van der Waals surface area contributed by atoms with Gasteiger partial charge in [-0.25, -0.2) is 0 Å². The van der Waals surface area contributed by atoms with Crippen LogP contribution in [0.15, 0.2) is 18.2 Å². The van der Waals surface area contributed by atoms with E-state index < -0.39 is 0 Å². The molecule has 1 aromatic carbocycles. The number of aromatic amines is 1. The third-order valence-electron chi connectivity index (χ3n) is 2.48. The first-order valence-corrected chi connectivity index (χ1v) is 4.50. The molecule has 0 aliphatic carbocycles. The molecule has 2 heteroatoms. The zero-order valence-corrected chi connectivity index (χ0v) is 8.02. The summed E-state index contributed by atoms with van der Waals surface area (Å²) in [5.41, 5.74) is 10.6. The molecule has 0 aliphatic heterocycles. The zero-order valence-electron chi connectivity index (χ0n) is 8.02. The first-order chi connectivity index (χ1) is 6.22. The largest absolute Gasteiger partial charge is 0.358 e.